The molecule has 2 aromatic rings. The quantitative estimate of drug-likeness (QED) is 0.403. The zero-order valence-electron chi connectivity index (χ0n) is 8.60. The second-order valence-electron chi connectivity index (χ2n) is 3.56. The van der Waals surface area contributed by atoms with Gasteiger partial charge in [-0.05, 0) is 6.07 Å². The predicted octanol–water partition coefficient (Wildman–Crippen LogP) is 1.88. The first kappa shape index (κ1) is 9.58. The Morgan fingerprint density at radius 1 is 1.40 bits per heavy atom. The van der Waals surface area contributed by atoms with Gasteiger partial charge in [0.15, 0.2) is 11.9 Å². The number of aryl methyl sites for hydroxylation is 2. The molecule has 0 radical (unpaired) electrons. The third-order valence-corrected chi connectivity index (χ3v) is 2.56. The van der Waals surface area contributed by atoms with E-state index in [-0.39, 0.29) is 10.6 Å². The molecule has 76 valence electrons. The van der Waals surface area contributed by atoms with Gasteiger partial charge in [-0.15, -0.1) is 0 Å². The van der Waals surface area contributed by atoms with Crippen molar-refractivity contribution in [2.24, 2.45) is 7.05 Å². The Kier molecular flexibility index (Phi) is 2.11. The molecule has 0 amide bonds. The van der Waals surface area contributed by atoms with Crippen LogP contribution in [0.15, 0.2) is 30.5 Å². The van der Waals surface area contributed by atoms with Crippen molar-refractivity contribution in [1.29, 1.82) is 0 Å². The highest BCUT2D eigenvalue weighted by atomic mass is 16.6. The van der Waals surface area contributed by atoms with E-state index in [1.165, 1.54) is 6.07 Å². The molecule has 0 spiro atoms. The molecule has 0 N–H and O–H groups in total. The summed E-state index contributed by atoms with van der Waals surface area (Å²) in [5.74, 6) is 0. The van der Waals surface area contributed by atoms with Crippen LogP contribution in [0.4, 0.5) is 5.69 Å². The van der Waals surface area contributed by atoms with Gasteiger partial charge >= 0.3 is 0 Å². The molecular formula is C11H11N2O2+. The van der Waals surface area contributed by atoms with E-state index in [1.807, 2.05) is 36.9 Å². The Labute approximate surface area is 86.9 Å². The number of hydrogen-bond acceptors (Lipinski definition) is 2. The summed E-state index contributed by atoms with van der Waals surface area (Å²) in [4.78, 5) is 10.5. The van der Waals surface area contributed by atoms with Gasteiger partial charge in [0.2, 0.25) is 0 Å². The van der Waals surface area contributed by atoms with E-state index >= 15 is 0 Å². The van der Waals surface area contributed by atoms with Crippen molar-refractivity contribution in [1.82, 2.24) is 0 Å². The molecule has 0 saturated carbocycles. The van der Waals surface area contributed by atoms with Crippen LogP contribution in [0.5, 0.6) is 0 Å². The molecule has 1 heterocycles. The largest absolute Gasteiger partial charge is 0.277 e. The summed E-state index contributed by atoms with van der Waals surface area (Å²) in [5.41, 5.74) is 1.16. The maximum atomic E-state index is 10.8. The number of fused-ring (bicyclic) bond motifs is 1. The zero-order valence-corrected chi connectivity index (χ0v) is 8.60. The lowest BCUT2D eigenvalue weighted by atomic mass is 10.1. The van der Waals surface area contributed by atoms with Crippen molar-refractivity contribution in [3.05, 3.63) is 46.3 Å². The molecule has 0 unspecified atom stereocenters. The highest BCUT2D eigenvalue weighted by Gasteiger charge is 2.14. The van der Waals surface area contributed by atoms with E-state index in [4.69, 9.17) is 0 Å². The van der Waals surface area contributed by atoms with Gasteiger partial charge < -0.3 is 0 Å². The summed E-state index contributed by atoms with van der Waals surface area (Å²) in [6.07, 6.45) is 1.90. The van der Waals surface area contributed by atoms with E-state index in [2.05, 4.69) is 0 Å². The maximum absolute atomic E-state index is 10.8. The second-order valence-corrected chi connectivity index (χ2v) is 3.56. The fourth-order valence-electron chi connectivity index (χ4n) is 1.62. The number of non-ortho nitro benzene ring substituents is 1. The number of nitro groups is 1. The van der Waals surface area contributed by atoms with E-state index in [9.17, 15) is 10.1 Å². The van der Waals surface area contributed by atoms with Crippen LogP contribution in [0.3, 0.4) is 0 Å². The van der Waals surface area contributed by atoms with Crippen LogP contribution in [0.1, 0.15) is 5.69 Å². The van der Waals surface area contributed by atoms with Crippen molar-refractivity contribution in [2.75, 3.05) is 0 Å². The summed E-state index contributed by atoms with van der Waals surface area (Å²) in [6.45, 7) is 1.93. The van der Waals surface area contributed by atoms with Crippen LogP contribution in [0.25, 0.3) is 10.8 Å². The Balaban J connectivity index is 2.86. The first-order valence-electron chi connectivity index (χ1n) is 4.63. The van der Waals surface area contributed by atoms with Gasteiger partial charge in [-0.1, -0.05) is 6.07 Å². The van der Waals surface area contributed by atoms with Crippen LogP contribution < -0.4 is 4.57 Å². The topological polar surface area (TPSA) is 47.0 Å². The number of benzene rings is 1. The number of aromatic nitrogens is 1. The highest BCUT2D eigenvalue weighted by molar-refractivity contribution is 5.89. The molecule has 1 aromatic carbocycles. The highest BCUT2D eigenvalue weighted by Crippen LogP contribution is 2.24. The average Bonchev–Trinajstić information content (AvgIpc) is 2.18. The minimum Gasteiger partial charge on any atom is -0.258 e. The molecule has 0 aliphatic heterocycles. The summed E-state index contributed by atoms with van der Waals surface area (Å²) in [5, 5.41) is 12.4. The summed E-state index contributed by atoms with van der Waals surface area (Å²) < 4.78 is 1.95. The number of pyridine rings is 1. The molecule has 4 nitrogen and oxygen atoms in total. The standard InChI is InChI=1S/C11H11N2O2/c1-8-6-10-9(7-12(8)2)4-3-5-11(10)13(14)15/h3-7H,1-2H3/q+1. The SMILES string of the molecule is Cc1cc2c([N+](=O)[O-])cccc2c[n+]1C. The molecule has 0 aliphatic carbocycles. The molecule has 0 aliphatic rings. The van der Waals surface area contributed by atoms with Gasteiger partial charge in [0.05, 0.1) is 15.7 Å². The third kappa shape index (κ3) is 1.54. The number of rotatable bonds is 1. The lowest BCUT2D eigenvalue weighted by molar-refractivity contribution is -0.676. The zero-order chi connectivity index (χ0) is 11.0. The van der Waals surface area contributed by atoms with Gasteiger partial charge in [0, 0.05) is 19.1 Å². The summed E-state index contributed by atoms with van der Waals surface area (Å²) in [7, 11) is 1.92. The monoisotopic (exact) mass is 203 g/mol. The van der Waals surface area contributed by atoms with Crippen LogP contribution >= 0.6 is 0 Å². The van der Waals surface area contributed by atoms with E-state index in [1.54, 1.807) is 6.07 Å². The predicted molar refractivity (Wildman–Crippen MR) is 56.5 cm³/mol. The lowest BCUT2D eigenvalue weighted by Gasteiger charge is -1.99. The van der Waals surface area contributed by atoms with Crippen LogP contribution in [-0.4, -0.2) is 4.92 Å². The van der Waals surface area contributed by atoms with E-state index < -0.39 is 0 Å². The summed E-state index contributed by atoms with van der Waals surface area (Å²) >= 11 is 0. The van der Waals surface area contributed by atoms with Crippen molar-refractivity contribution in [3.8, 4) is 0 Å². The van der Waals surface area contributed by atoms with Gasteiger partial charge in [-0.2, -0.15) is 0 Å². The van der Waals surface area contributed by atoms with Crippen molar-refractivity contribution < 1.29 is 9.49 Å². The molecular weight excluding hydrogens is 192 g/mol. The Bertz CT molecular complexity index is 550. The van der Waals surface area contributed by atoms with Crippen LogP contribution in [-0.2, 0) is 7.05 Å². The second kappa shape index (κ2) is 3.31. The van der Waals surface area contributed by atoms with Crippen molar-refractivity contribution in [3.63, 3.8) is 0 Å². The van der Waals surface area contributed by atoms with Gasteiger partial charge in [0.25, 0.3) is 5.69 Å². The van der Waals surface area contributed by atoms with Gasteiger partial charge in [-0.3, -0.25) is 10.1 Å². The third-order valence-electron chi connectivity index (χ3n) is 2.56. The van der Waals surface area contributed by atoms with Crippen molar-refractivity contribution >= 4 is 16.5 Å². The molecule has 0 saturated heterocycles. The number of nitro benzene ring substituents is 1. The smallest absolute Gasteiger partial charge is 0.258 e. The molecule has 4 heteroatoms. The van der Waals surface area contributed by atoms with Crippen molar-refractivity contribution in [2.45, 2.75) is 6.92 Å². The Morgan fingerprint density at radius 2 is 2.13 bits per heavy atom. The average molecular weight is 203 g/mol. The molecule has 0 fully saturated rings. The van der Waals surface area contributed by atoms with Crippen LogP contribution in [0, 0.1) is 17.0 Å². The molecule has 2 rings (SSSR count). The maximum Gasteiger partial charge on any atom is 0.277 e. The normalized spacial score (nSPS) is 10.5. The fourth-order valence-corrected chi connectivity index (χ4v) is 1.62. The summed E-state index contributed by atoms with van der Waals surface area (Å²) in [6, 6.07) is 6.95. The minimum absolute atomic E-state index is 0.163. The first-order valence-corrected chi connectivity index (χ1v) is 4.63. The molecule has 1 aromatic heterocycles. The Hall–Kier alpha value is -1.97. The van der Waals surface area contributed by atoms with E-state index in [0.717, 1.165) is 11.1 Å². The Morgan fingerprint density at radius 3 is 2.80 bits per heavy atom. The van der Waals surface area contributed by atoms with E-state index in [0.29, 0.717) is 5.39 Å². The fraction of sp³-hybridized carbons (Fsp3) is 0.182. The van der Waals surface area contributed by atoms with Gasteiger partial charge in [0.1, 0.15) is 7.05 Å². The number of nitrogens with zero attached hydrogens (tertiary/aromatic N) is 2. The van der Waals surface area contributed by atoms with Gasteiger partial charge in [-0.25, -0.2) is 4.57 Å². The molecule has 0 atom stereocenters. The minimum atomic E-state index is -0.345. The van der Waals surface area contributed by atoms with Crippen LogP contribution in [0.2, 0.25) is 0 Å². The first-order chi connectivity index (χ1) is 7.09. The number of hydrogen-bond donors (Lipinski definition) is 0. The lowest BCUT2D eigenvalue weighted by Crippen LogP contribution is -2.30. The molecule has 0 bridgehead atoms. The molecule has 15 heavy (non-hydrogen) atoms.